The van der Waals surface area contributed by atoms with Crippen LogP contribution >= 0.6 is 23.2 Å². The zero-order chi connectivity index (χ0) is 31.8. The number of esters is 1. The molecule has 0 bridgehead atoms. The Balaban J connectivity index is 1.48. The van der Waals surface area contributed by atoms with Crippen molar-refractivity contribution >= 4 is 45.9 Å². The van der Waals surface area contributed by atoms with Crippen LogP contribution in [0.3, 0.4) is 0 Å². The minimum atomic E-state index is -5.11. The first kappa shape index (κ1) is 32.2. The number of likely N-dealkylation sites (N-methyl/N-ethyl adjacent to an activating group) is 1. The molecular formula is C30H31Cl2F3N6O3. The monoisotopic (exact) mass is 650 g/mol. The summed E-state index contributed by atoms with van der Waals surface area (Å²) in [7, 11) is 0. The summed E-state index contributed by atoms with van der Waals surface area (Å²) in [6, 6.07) is 6.42. The lowest BCUT2D eigenvalue weighted by Gasteiger charge is -2.45. The molecule has 0 aliphatic heterocycles. The zero-order valence-corrected chi connectivity index (χ0v) is 25.6. The number of ether oxygens (including phenoxy) is 1. The Bertz CT molecular complexity index is 1630. The summed E-state index contributed by atoms with van der Waals surface area (Å²) < 4.78 is 45.3. The van der Waals surface area contributed by atoms with Gasteiger partial charge in [0, 0.05) is 28.5 Å². The number of hydrogen-bond acceptors (Lipinski definition) is 8. The summed E-state index contributed by atoms with van der Waals surface area (Å²) in [5.41, 5.74) is 1.76. The first-order valence-electron chi connectivity index (χ1n) is 14.3. The zero-order valence-electron chi connectivity index (χ0n) is 24.1. The highest BCUT2D eigenvalue weighted by Gasteiger charge is 2.43. The lowest BCUT2D eigenvalue weighted by Crippen LogP contribution is -2.53. The minimum absolute atomic E-state index is 0.0816. The Labute approximate surface area is 262 Å². The van der Waals surface area contributed by atoms with Crippen molar-refractivity contribution in [2.75, 3.05) is 19.7 Å². The molecule has 0 saturated heterocycles. The van der Waals surface area contributed by atoms with Gasteiger partial charge in [0.05, 0.1) is 30.1 Å². The van der Waals surface area contributed by atoms with Gasteiger partial charge in [0.25, 0.3) is 0 Å². The van der Waals surface area contributed by atoms with E-state index in [2.05, 4.69) is 15.0 Å². The van der Waals surface area contributed by atoms with Crippen molar-refractivity contribution in [1.82, 2.24) is 24.6 Å². The summed E-state index contributed by atoms with van der Waals surface area (Å²) in [5.74, 6) is -2.74. The number of fused-ring (bicyclic) bond motifs is 1. The maximum atomic E-state index is 13.0. The fourth-order valence-electron chi connectivity index (χ4n) is 6.01. The van der Waals surface area contributed by atoms with Gasteiger partial charge in [0.15, 0.2) is 11.3 Å². The molecule has 3 atom stereocenters. The van der Waals surface area contributed by atoms with Crippen molar-refractivity contribution < 1.29 is 27.8 Å². The maximum absolute atomic E-state index is 13.0. The second kappa shape index (κ2) is 12.6. The molecule has 9 nitrogen and oxygen atoms in total. The number of rotatable bonds is 9. The van der Waals surface area contributed by atoms with Gasteiger partial charge in [0.1, 0.15) is 11.6 Å². The molecule has 5 rings (SSSR count). The third-order valence-corrected chi connectivity index (χ3v) is 9.13. The minimum Gasteiger partial charge on any atom is -0.459 e. The Kier molecular flexibility index (Phi) is 9.23. The van der Waals surface area contributed by atoms with Gasteiger partial charge < -0.3 is 9.84 Å². The van der Waals surface area contributed by atoms with Crippen molar-refractivity contribution in [2.24, 2.45) is 5.92 Å². The van der Waals surface area contributed by atoms with Crippen LogP contribution in [-0.2, 0) is 9.53 Å². The van der Waals surface area contributed by atoms with Crippen LogP contribution in [0.25, 0.3) is 16.7 Å². The second-order valence-corrected chi connectivity index (χ2v) is 12.3. The number of nitrogens with zero attached hydrogens (tertiary/aromatic N) is 6. The number of allylic oxidation sites excluding steroid dienone is 1. The highest BCUT2D eigenvalue weighted by molar-refractivity contribution is 6.35. The summed E-state index contributed by atoms with van der Waals surface area (Å²) in [6.45, 7) is 4.28. The van der Waals surface area contributed by atoms with E-state index in [1.807, 2.05) is 26.0 Å². The predicted octanol–water partition coefficient (Wildman–Crippen LogP) is 6.12. The third kappa shape index (κ3) is 6.56. The molecule has 3 aromatic rings. The number of alkyl halides is 3. The van der Waals surface area contributed by atoms with Crippen molar-refractivity contribution in [1.29, 1.82) is 5.26 Å². The number of hydrogen-bond donors (Lipinski definition) is 1. The molecule has 1 N–H and O–H groups in total. The van der Waals surface area contributed by atoms with E-state index in [1.165, 1.54) is 6.20 Å². The number of carbonyl (C=O) groups excluding carboxylic acids is 1. The van der Waals surface area contributed by atoms with E-state index in [1.54, 1.807) is 22.9 Å². The molecule has 2 aliphatic rings. The van der Waals surface area contributed by atoms with E-state index in [9.17, 15) is 28.3 Å². The normalized spacial score (nSPS) is 20.6. The van der Waals surface area contributed by atoms with E-state index in [0.29, 0.717) is 70.4 Å². The molecule has 0 radical (unpaired) electrons. The Morgan fingerprint density at radius 2 is 2.09 bits per heavy atom. The first-order chi connectivity index (χ1) is 20.8. The molecule has 1 saturated carbocycles. The number of aliphatic hydroxyl groups is 1. The lowest BCUT2D eigenvalue weighted by atomic mass is 9.78. The van der Waals surface area contributed by atoms with E-state index in [-0.39, 0.29) is 18.2 Å². The summed E-state index contributed by atoms with van der Waals surface area (Å²) >= 11 is 12.5. The van der Waals surface area contributed by atoms with Crippen molar-refractivity contribution in [3.63, 3.8) is 0 Å². The average Bonchev–Trinajstić information content (AvgIpc) is 3.35. The van der Waals surface area contributed by atoms with Gasteiger partial charge in [-0.1, -0.05) is 42.3 Å². The summed E-state index contributed by atoms with van der Waals surface area (Å²) in [6.07, 6.45) is 1.30. The van der Waals surface area contributed by atoms with Crippen LogP contribution in [0.2, 0.25) is 10.0 Å². The molecule has 0 amide bonds. The molecule has 2 heterocycles. The molecule has 2 aromatic heterocycles. The van der Waals surface area contributed by atoms with E-state index >= 15 is 0 Å². The first-order valence-corrected chi connectivity index (χ1v) is 15.1. The molecule has 44 heavy (non-hydrogen) atoms. The molecule has 1 aromatic carbocycles. The predicted molar refractivity (Wildman–Crippen MR) is 158 cm³/mol. The molecular weight excluding hydrogens is 620 g/mol. The molecule has 234 valence electrons. The fraction of sp³-hybridized carbons (Fsp3) is 0.500. The molecule has 3 unspecified atom stereocenters. The molecule has 14 heteroatoms. The highest BCUT2D eigenvalue weighted by atomic mass is 35.5. The van der Waals surface area contributed by atoms with Crippen LogP contribution in [0.5, 0.6) is 0 Å². The van der Waals surface area contributed by atoms with Crippen molar-refractivity contribution in [3.05, 3.63) is 57.5 Å². The van der Waals surface area contributed by atoms with Gasteiger partial charge in [-0.05, 0) is 68.8 Å². The van der Waals surface area contributed by atoms with Gasteiger partial charge in [-0.25, -0.2) is 19.4 Å². The van der Waals surface area contributed by atoms with Crippen molar-refractivity contribution in [3.8, 4) is 6.07 Å². The van der Waals surface area contributed by atoms with Crippen LogP contribution < -0.4 is 0 Å². The van der Waals surface area contributed by atoms with Crippen LogP contribution in [0.1, 0.15) is 68.9 Å². The largest absolute Gasteiger partial charge is 0.490 e. The Morgan fingerprint density at radius 1 is 1.34 bits per heavy atom. The van der Waals surface area contributed by atoms with Crippen LogP contribution in [0.15, 0.2) is 30.5 Å². The van der Waals surface area contributed by atoms with E-state index < -0.39 is 36.3 Å². The van der Waals surface area contributed by atoms with Gasteiger partial charge in [-0.2, -0.15) is 23.5 Å². The van der Waals surface area contributed by atoms with Crippen LogP contribution in [0, 0.1) is 17.2 Å². The Hall–Kier alpha value is -3.24. The van der Waals surface area contributed by atoms with Gasteiger partial charge >= 0.3 is 12.1 Å². The topological polar surface area (TPSA) is 117 Å². The smallest absolute Gasteiger partial charge is 0.459 e. The quantitative estimate of drug-likeness (QED) is 0.275. The number of benzene rings is 1. The van der Waals surface area contributed by atoms with E-state index in [0.717, 1.165) is 6.42 Å². The number of carbonyl (C=O) groups is 1. The number of aromatic nitrogens is 4. The highest BCUT2D eigenvalue weighted by Crippen LogP contribution is 2.38. The number of nitriles is 1. The van der Waals surface area contributed by atoms with Gasteiger partial charge in [-0.15, -0.1) is 0 Å². The van der Waals surface area contributed by atoms with Crippen molar-refractivity contribution in [2.45, 2.75) is 69.8 Å². The van der Waals surface area contributed by atoms with Gasteiger partial charge in [0.2, 0.25) is 0 Å². The molecule has 1 fully saturated rings. The van der Waals surface area contributed by atoms with Gasteiger partial charge in [-0.3, -0.25) is 4.90 Å². The lowest BCUT2D eigenvalue weighted by molar-refractivity contribution is -0.201. The Morgan fingerprint density at radius 3 is 2.70 bits per heavy atom. The van der Waals surface area contributed by atoms with E-state index in [4.69, 9.17) is 32.9 Å². The van der Waals surface area contributed by atoms with Crippen LogP contribution in [-0.4, -0.2) is 73.2 Å². The number of halogens is 5. The summed E-state index contributed by atoms with van der Waals surface area (Å²) in [5, 5.41) is 25.9. The van der Waals surface area contributed by atoms with Crippen LogP contribution in [0.4, 0.5) is 13.2 Å². The standard InChI is InChI=1S/C30H31Cl2F3N6O3/c1-3-40(16-29(43)9-4-10-29)25-8-5-18(11-19(25)15-44-28(42)30(33,34)35)24-14-37-26-23(13-36)39-41(27(26)38-24)17(2)21-7-6-20(31)12-22(21)32/h5-7,12,14,17,19,25,43H,3-4,8-11,15-16H2,1-2H3. The summed E-state index contributed by atoms with van der Waals surface area (Å²) in [4.78, 5) is 23.0. The fourth-order valence-corrected chi connectivity index (χ4v) is 6.58. The SMILES string of the molecule is CCN(CC1(O)CCC1)C1CC=C(c2cnc3c(C#N)nn(C(C)c4ccc(Cl)cc4Cl)c3n2)CC1COC(=O)C(F)(F)F. The second-order valence-electron chi connectivity index (χ2n) is 11.4. The maximum Gasteiger partial charge on any atom is 0.490 e. The third-order valence-electron chi connectivity index (χ3n) is 8.57. The average molecular weight is 652 g/mol. The molecule has 0 spiro atoms. The molecule has 2 aliphatic carbocycles.